The highest BCUT2D eigenvalue weighted by molar-refractivity contribution is 6.03. The van der Waals surface area contributed by atoms with Crippen LogP contribution in [0.5, 0.6) is 0 Å². The number of carboxylic acid groups (broad SMARTS) is 1. The summed E-state index contributed by atoms with van der Waals surface area (Å²) in [5.41, 5.74) is 0.697. The molecule has 0 fully saturated rings. The smallest absolute Gasteiger partial charge is 0.337 e. The molecule has 112 valence electrons. The van der Waals surface area contributed by atoms with Crippen LogP contribution in [0, 0.1) is 0 Å². The van der Waals surface area contributed by atoms with E-state index in [9.17, 15) is 14.7 Å². The van der Waals surface area contributed by atoms with Crippen LogP contribution in [0.2, 0.25) is 0 Å². The second-order valence-electron chi connectivity index (χ2n) is 5.78. The zero-order valence-electron chi connectivity index (χ0n) is 12.5. The van der Waals surface area contributed by atoms with Crippen LogP contribution in [0.1, 0.15) is 37.6 Å². The summed E-state index contributed by atoms with van der Waals surface area (Å²) < 4.78 is 1.68. The number of aromatic carboxylic acids is 1. The SMILES string of the molecule is CCC(C)(C)NC(=O)Cn1cc(C(=O)O)c2ccccc21. The minimum atomic E-state index is -0.987. The lowest BCUT2D eigenvalue weighted by atomic mass is 10.0. The van der Waals surface area contributed by atoms with Crippen LogP contribution in [0.25, 0.3) is 10.9 Å². The first-order valence-corrected chi connectivity index (χ1v) is 6.96. The fraction of sp³-hybridized carbons (Fsp3) is 0.375. The van der Waals surface area contributed by atoms with E-state index in [1.165, 1.54) is 6.20 Å². The number of nitrogens with zero attached hydrogens (tertiary/aromatic N) is 1. The van der Waals surface area contributed by atoms with Gasteiger partial charge in [0.25, 0.3) is 0 Å². The van der Waals surface area contributed by atoms with Crippen LogP contribution in [-0.4, -0.2) is 27.1 Å². The number of benzene rings is 1. The zero-order valence-corrected chi connectivity index (χ0v) is 12.5. The summed E-state index contributed by atoms with van der Waals surface area (Å²) in [4.78, 5) is 23.4. The average Bonchev–Trinajstić information content (AvgIpc) is 2.77. The highest BCUT2D eigenvalue weighted by atomic mass is 16.4. The van der Waals surface area contributed by atoms with E-state index < -0.39 is 5.97 Å². The predicted molar refractivity (Wildman–Crippen MR) is 81.4 cm³/mol. The van der Waals surface area contributed by atoms with Crippen molar-refractivity contribution in [2.45, 2.75) is 39.3 Å². The van der Waals surface area contributed by atoms with E-state index in [2.05, 4.69) is 5.32 Å². The van der Waals surface area contributed by atoms with E-state index in [1.807, 2.05) is 32.9 Å². The molecule has 5 nitrogen and oxygen atoms in total. The molecule has 0 aliphatic rings. The molecule has 21 heavy (non-hydrogen) atoms. The maximum absolute atomic E-state index is 12.1. The van der Waals surface area contributed by atoms with Gasteiger partial charge in [-0.3, -0.25) is 4.79 Å². The Hall–Kier alpha value is -2.30. The van der Waals surface area contributed by atoms with Crippen molar-refractivity contribution in [2.24, 2.45) is 0 Å². The summed E-state index contributed by atoms with van der Waals surface area (Å²) in [6, 6.07) is 7.20. The van der Waals surface area contributed by atoms with Gasteiger partial charge in [-0.2, -0.15) is 0 Å². The lowest BCUT2D eigenvalue weighted by Crippen LogP contribution is -2.44. The standard InChI is InChI=1S/C16H20N2O3/c1-4-16(2,3)17-14(19)10-18-9-12(15(20)21)11-7-5-6-8-13(11)18/h5-9H,4,10H2,1-3H3,(H,17,19)(H,20,21). The molecule has 0 atom stereocenters. The fourth-order valence-corrected chi connectivity index (χ4v) is 2.21. The molecule has 0 bridgehead atoms. The van der Waals surface area contributed by atoms with Crippen molar-refractivity contribution in [1.29, 1.82) is 0 Å². The number of carboxylic acids is 1. The quantitative estimate of drug-likeness (QED) is 0.888. The van der Waals surface area contributed by atoms with Gasteiger partial charge in [0.15, 0.2) is 0 Å². The molecule has 0 saturated heterocycles. The Bertz CT molecular complexity index is 686. The topological polar surface area (TPSA) is 71.3 Å². The third kappa shape index (κ3) is 3.24. The summed E-state index contributed by atoms with van der Waals surface area (Å²) in [7, 11) is 0. The zero-order chi connectivity index (χ0) is 15.6. The maximum atomic E-state index is 12.1. The van der Waals surface area contributed by atoms with Gasteiger partial charge in [0.1, 0.15) is 6.54 Å². The Morgan fingerprint density at radius 3 is 2.57 bits per heavy atom. The van der Waals surface area contributed by atoms with Crippen LogP contribution in [0.4, 0.5) is 0 Å². The summed E-state index contributed by atoms with van der Waals surface area (Å²) >= 11 is 0. The summed E-state index contributed by atoms with van der Waals surface area (Å²) in [5.74, 6) is -1.11. The third-order valence-electron chi connectivity index (χ3n) is 3.69. The van der Waals surface area contributed by atoms with Crippen LogP contribution < -0.4 is 5.32 Å². The van der Waals surface area contributed by atoms with Crippen molar-refractivity contribution in [3.8, 4) is 0 Å². The third-order valence-corrected chi connectivity index (χ3v) is 3.69. The van der Waals surface area contributed by atoms with Gasteiger partial charge in [-0.25, -0.2) is 4.79 Å². The van der Waals surface area contributed by atoms with E-state index >= 15 is 0 Å². The number of hydrogen-bond donors (Lipinski definition) is 2. The van der Waals surface area contributed by atoms with E-state index in [4.69, 9.17) is 0 Å². The van der Waals surface area contributed by atoms with E-state index in [0.29, 0.717) is 5.39 Å². The first-order chi connectivity index (χ1) is 9.84. The number of amides is 1. The first kappa shape index (κ1) is 15.1. The van der Waals surface area contributed by atoms with E-state index in [-0.39, 0.29) is 23.6 Å². The van der Waals surface area contributed by atoms with Crippen LogP contribution in [0.3, 0.4) is 0 Å². The molecule has 0 aliphatic carbocycles. The first-order valence-electron chi connectivity index (χ1n) is 6.96. The van der Waals surface area contributed by atoms with Gasteiger partial charge >= 0.3 is 5.97 Å². The number of nitrogens with one attached hydrogen (secondary N) is 1. The van der Waals surface area contributed by atoms with Crippen LogP contribution in [0.15, 0.2) is 30.5 Å². The fourth-order valence-electron chi connectivity index (χ4n) is 2.21. The number of hydrogen-bond acceptors (Lipinski definition) is 2. The maximum Gasteiger partial charge on any atom is 0.337 e. The van der Waals surface area contributed by atoms with Crippen molar-refractivity contribution >= 4 is 22.8 Å². The second-order valence-corrected chi connectivity index (χ2v) is 5.78. The molecule has 1 aromatic carbocycles. The molecule has 0 saturated carbocycles. The average molecular weight is 288 g/mol. The second kappa shape index (κ2) is 5.60. The summed E-state index contributed by atoms with van der Waals surface area (Å²) in [6.45, 7) is 6.04. The van der Waals surface area contributed by atoms with Gasteiger partial charge in [0.2, 0.25) is 5.91 Å². The van der Waals surface area contributed by atoms with Gasteiger partial charge in [0.05, 0.1) is 5.56 Å². The van der Waals surface area contributed by atoms with Crippen molar-refractivity contribution in [3.63, 3.8) is 0 Å². The monoisotopic (exact) mass is 288 g/mol. The number of carbonyl (C=O) groups is 2. The molecule has 1 amide bonds. The lowest BCUT2D eigenvalue weighted by Gasteiger charge is -2.24. The summed E-state index contributed by atoms with van der Waals surface area (Å²) in [5, 5.41) is 12.8. The highest BCUT2D eigenvalue weighted by Gasteiger charge is 2.19. The molecule has 1 aromatic heterocycles. The highest BCUT2D eigenvalue weighted by Crippen LogP contribution is 2.21. The minimum absolute atomic E-state index is 0.108. The number of para-hydroxylation sites is 1. The van der Waals surface area contributed by atoms with Gasteiger partial charge in [-0.15, -0.1) is 0 Å². The van der Waals surface area contributed by atoms with Crippen molar-refractivity contribution in [3.05, 3.63) is 36.0 Å². The van der Waals surface area contributed by atoms with Crippen molar-refractivity contribution in [1.82, 2.24) is 9.88 Å². The Balaban J connectivity index is 2.31. The van der Waals surface area contributed by atoms with Crippen molar-refractivity contribution < 1.29 is 14.7 Å². The van der Waals surface area contributed by atoms with Crippen LogP contribution >= 0.6 is 0 Å². The van der Waals surface area contributed by atoms with Gasteiger partial charge in [0, 0.05) is 22.6 Å². The van der Waals surface area contributed by atoms with Gasteiger partial charge in [-0.1, -0.05) is 25.1 Å². The molecule has 0 spiro atoms. The lowest BCUT2D eigenvalue weighted by molar-refractivity contribution is -0.123. The van der Waals surface area contributed by atoms with Crippen LogP contribution in [-0.2, 0) is 11.3 Å². The molecule has 5 heteroatoms. The molecule has 1 heterocycles. The molecular weight excluding hydrogens is 268 g/mol. The Morgan fingerprint density at radius 2 is 1.95 bits per heavy atom. The molecule has 0 radical (unpaired) electrons. The number of carbonyl (C=O) groups excluding carboxylic acids is 1. The van der Waals surface area contributed by atoms with Gasteiger partial charge < -0.3 is 15.0 Å². The molecule has 0 unspecified atom stereocenters. The van der Waals surface area contributed by atoms with Gasteiger partial charge in [-0.05, 0) is 26.3 Å². The number of aromatic nitrogens is 1. The minimum Gasteiger partial charge on any atom is -0.478 e. The molecule has 0 aliphatic heterocycles. The largest absolute Gasteiger partial charge is 0.478 e. The summed E-state index contributed by atoms with van der Waals surface area (Å²) in [6.07, 6.45) is 2.34. The molecular formula is C16H20N2O3. The Morgan fingerprint density at radius 1 is 1.29 bits per heavy atom. The molecule has 2 rings (SSSR count). The van der Waals surface area contributed by atoms with E-state index in [1.54, 1.807) is 16.7 Å². The number of fused-ring (bicyclic) bond motifs is 1. The molecule has 2 aromatic rings. The van der Waals surface area contributed by atoms with Crippen molar-refractivity contribution in [2.75, 3.05) is 0 Å². The Kier molecular flexibility index (Phi) is 4.02. The Labute approximate surface area is 123 Å². The predicted octanol–water partition coefficient (Wildman–Crippen LogP) is 2.64. The van der Waals surface area contributed by atoms with E-state index in [0.717, 1.165) is 11.9 Å². The molecule has 2 N–H and O–H groups in total. The normalized spacial score (nSPS) is 11.6. The number of rotatable bonds is 5.